The Morgan fingerprint density at radius 3 is 2.47 bits per heavy atom. The first kappa shape index (κ1) is 15.2. The SMILES string of the molecule is CN1CCCCC1C1(C)NCC(C)(C)CO1.Cl. The van der Waals surface area contributed by atoms with Crippen molar-refractivity contribution in [1.82, 2.24) is 10.2 Å². The summed E-state index contributed by atoms with van der Waals surface area (Å²) in [5.74, 6) is 0. The van der Waals surface area contributed by atoms with Crippen molar-refractivity contribution in [3.8, 4) is 0 Å². The molecule has 1 N–H and O–H groups in total. The molecular weight excluding hydrogens is 236 g/mol. The molecule has 2 heterocycles. The van der Waals surface area contributed by atoms with Crippen LogP contribution in [0.2, 0.25) is 0 Å². The molecular formula is C13H27ClN2O. The van der Waals surface area contributed by atoms with Crippen molar-refractivity contribution in [2.45, 2.75) is 51.8 Å². The van der Waals surface area contributed by atoms with Crippen molar-refractivity contribution in [1.29, 1.82) is 0 Å². The summed E-state index contributed by atoms with van der Waals surface area (Å²) in [5.41, 5.74) is 0.122. The van der Waals surface area contributed by atoms with E-state index in [-0.39, 0.29) is 23.5 Å². The summed E-state index contributed by atoms with van der Waals surface area (Å²) in [7, 11) is 2.22. The van der Waals surface area contributed by atoms with E-state index in [9.17, 15) is 0 Å². The van der Waals surface area contributed by atoms with E-state index in [4.69, 9.17) is 4.74 Å². The lowest BCUT2D eigenvalue weighted by Gasteiger charge is -2.50. The molecule has 17 heavy (non-hydrogen) atoms. The zero-order valence-corrected chi connectivity index (χ0v) is 12.4. The van der Waals surface area contributed by atoms with Crippen LogP contribution in [0.25, 0.3) is 0 Å². The molecule has 0 aromatic carbocycles. The molecule has 0 amide bonds. The minimum atomic E-state index is -0.148. The standard InChI is InChI=1S/C13H26N2O.ClH/c1-12(2)9-14-13(3,16-10-12)11-7-5-6-8-15(11)4;/h11,14H,5-10H2,1-4H3;1H. The first-order valence-corrected chi connectivity index (χ1v) is 6.52. The van der Waals surface area contributed by atoms with Crippen molar-refractivity contribution in [3.63, 3.8) is 0 Å². The Balaban J connectivity index is 0.00000144. The van der Waals surface area contributed by atoms with Crippen LogP contribution in [0, 0.1) is 5.41 Å². The second-order valence-corrected chi connectivity index (χ2v) is 6.41. The van der Waals surface area contributed by atoms with Crippen LogP contribution in [0.15, 0.2) is 0 Å². The highest BCUT2D eigenvalue weighted by Crippen LogP contribution is 2.31. The molecule has 2 aliphatic heterocycles. The maximum atomic E-state index is 6.14. The summed E-state index contributed by atoms with van der Waals surface area (Å²) in [6.07, 6.45) is 3.91. The number of piperidine rings is 1. The maximum Gasteiger partial charge on any atom is 0.132 e. The van der Waals surface area contributed by atoms with Gasteiger partial charge in [0.2, 0.25) is 0 Å². The van der Waals surface area contributed by atoms with Gasteiger partial charge in [0, 0.05) is 12.0 Å². The van der Waals surface area contributed by atoms with Gasteiger partial charge in [-0.1, -0.05) is 20.3 Å². The van der Waals surface area contributed by atoms with Crippen LogP contribution >= 0.6 is 12.4 Å². The van der Waals surface area contributed by atoms with E-state index in [1.54, 1.807) is 0 Å². The quantitative estimate of drug-likeness (QED) is 0.785. The Bertz CT molecular complexity index is 248. The lowest BCUT2D eigenvalue weighted by Crippen LogP contribution is -2.66. The average molecular weight is 263 g/mol. The molecule has 2 atom stereocenters. The molecule has 0 radical (unpaired) electrons. The van der Waals surface area contributed by atoms with Gasteiger partial charge in [-0.25, -0.2) is 0 Å². The number of halogens is 1. The summed E-state index contributed by atoms with van der Waals surface area (Å²) in [6.45, 7) is 9.84. The first-order valence-electron chi connectivity index (χ1n) is 6.52. The molecule has 102 valence electrons. The fraction of sp³-hybridized carbons (Fsp3) is 1.00. The Hall–Kier alpha value is 0.170. The molecule has 2 rings (SSSR count). The van der Waals surface area contributed by atoms with E-state index in [2.05, 4.69) is 38.0 Å². The fourth-order valence-electron chi connectivity index (χ4n) is 2.85. The van der Waals surface area contributed by atoms with Crippen LogP contribution in [0.1, 0.15) is 40.0 Å². The summed E-state index contributed by atoms with van der Waals surface area (Å²) in [6, 6.07) is 0.525. The topological polar surface area (TPSA) is 24.5 Å². The van der Waals surface area contributed by atoms with E-state index in [1.165, 1.54) is 25.8 Å². The van der Waals surface area contributed by atoms with Gasteiger partial charge in [0.05, 0.1) is 12.6 Å². The van der Waals surface area contributed by atoms with Crippen LogP contribution in [0.5, 0.6) is 0 Å². The highest BCUT2D eigenvalue weighted by atomic mass is 35.5. The molecule has 4 heteroatoms. The van der Waals surface area contributed by atoms with E-state index in [0.29, 0.717) is 6.04 Å². The molecule has 0 aromatic rings. The number of rotatable bonds is 1. The third-order valence-corrected chi connectivity index (χ3v) is 4.09. The smallest absolute Gasteiger partial charge is 0.132 e. The van der Waals surface area contributed by atoms with Crippen molar-refractivity contribution in [3.05, 3.63) is 0 Å². The molecule has 2 fully saturated rings. The minimum Gasteiger partial charge on any atom is -0.359 e. The second kappa shape index (κ2) is 5.43. The van der Waals surface area contributed by atoms with E-state index < -0.39 is 0 Å². The third kappa shape index (κ3) is 3.34. The fourth-order valence-corrected chi connectivity index (χ4v) is 2.85. The van der Waals surface area contributed by atoms with E-state index in [0.717, 1.165) is 13.2 Å². The predicted molar refractivity (Wildman–Crippen MR) is 73.7 cm³/mol. The Labute approximate surface area is 112 Å². The van der Waals surface area contributed by atoms with Crippen LogP contribution < -0.4 is 5.32 Å². The zero-order chi connectivity index (χ0) is 11.8. The number of nitrogens with one attached hydrogen (secondary N) is 1. The number of hydrogen-bond acceptors (Lipinski definition) is 3. The largest absolute Gasteiger partial charge is 0.359 e. The van der Waals surface area contributed by atoms with Gasteiger partial charge in [0.15, 0.2) is 0 Å². The van der Waals surface area contributed by atoms with Crippen molar-refractivity contribution in [2.75, 3.05) is 26.7 Å². The van der Waals surface area contributed by atoms with Crippen molar-refractivity contribution >= 4 is 12.4 Å². The van der Waals surface area contributed by atoms with Gasteiger partial charge in [-0.2, -0.15) is 0 Å². The lowest BCUT2D eigenvalue weighted by atomic mass is 9.87. The molecule has 0 saturated carbocycles. The monoisotopic (exact) mass is 262 g/mol. The van der Waals surface area contributed by atoms with Gasteiger partial charge in [-0.3, -0.25) is 10.2 Å². The number of hydrogen-bond donors (Lipinski definition) is 1. The summed E-state index contributed by atoms with van der Waals surface area (Å²) in [5, 5.41) is 3.62. The molecule has 3 nitrogen and oxygen atoms in total. The third-order valence-electron chi connectivity index (χ3n) is 4.09. The first-order chi connectivity index (χ1) is 7.43. The number of nitrogens with zero attached hydrogens (tertiary/aromatic N) is 1. The van der Waals surface area contributed by atoms with E-state index in [1.807, 2.05) is 0 Å². The second-order valence-electron chi connectivity index (χ2n) is 6.41. The summed E-state index contributed by atoms with van der Waals surface area (Å²) < 4.78 is 6.14. The highest BCUT2D eigenvalue weighted by molar-refractivity contribution is 5.85. The molecule has 2 saturated heterocycles. The van der Waals surface area contributed by atoms with Crippen LogP contribution in [0.4, 0.5) is 0 Å². The van der Waals surface area contributed by atoms with Crippen molar-refractivity contribution in [2.24, 2.45) is 5.41 Å². The average Bonchev–Trinajstić information content (AvgIpc) is 2.24. The summed E-state index contributed by atoms with van der Waals surface area (Å²) in [4.78, 5) is 2.45. The number of likely N-dealkylation sites (tertiary alicyclic amines) is 1. The molecule has 2 unspecified atom stereocenters. The number of likely N-dealkylation sites (N-methyl/N-ethyl adjacent to an activating group) is 1. The van der Waals surface area contributed by atoms with Crippen LogP contribution in [-0.4, -0.2) is 43.4 Å². The van der Waals surface area contributed by atoms with Gasteiger partial charge in [0.1, 0.15) is 5.72 Å². The highest BCUT2D eigenvalue weighted by Gasteiger charge is 2.43. The zero-order valence-electron chi connectivity index (χ0n) is 11.6. The maximum absolute atomic E-state index is 6.14. The molecule has 0 aliphatic carbocycles. The molecule has 2 aliphatic rings. The summed E-state index contributed by atoms with van der Waals surface area (Å²) >= 11 is 0. The Morgan fingerprint density at radius 2 is 1.94 bits per heavy atom. The van der Waals surface area contributed by atoms with Gasteiger partial charge >= 0.3 is 0 Å². The van der Waals surface area contributed by atoms with E-state index >= 15 is 0 Å². The van der Waals surface area contributed by atoms with Crippen LogP contribution in [-0.2, 0) is 4.74 Å². The Morgan fingerprint density at radius 1 is 1.24 bits per heavy atom. The van der Waals surface area contributed by atoms with Gasteiger partial charge in [-0.05, 0) is 33.4 Å². The minimum absolute atomic E-state index is 0. The molecule has 0 bridgehead atoms. The van der Waals surface area contributed by atoms with Gasteiger partial charge in [-0.15, -0.1) is 12.4 Å². The molecule has 0 aromatic heterocycles. The number of ether oxygens (including phenoxy) is 1. The Kier molecular flexibility index (Phi) is 4.87. The lowest BCUT2D eigenvalue weighted by molar-refractivity contribution is -0.167. The predicted octanol–water partition coefficient (Wildman–Crippen LogP) is 2.25. The normalized spacial score (nSPS) is 38.5. The van der Waals surface area contributed by atoms with Crippen LogP contribution in [0.3, 0.4) is 0 Å². The van der Waals surface area contributed by atoms with Crippen molar-refractivity contribution < 1.29 is 4.74 Å². The van der Waals surface area contributed by atoms with Gasteiger partial charge in [0.25, 0.3) is 0 Å². The molecule has 0 spiro atoms. The van der Waals surface area contributed by atoms with Gasteiger partial charge < -0.3 is 4.74 Å².